The van der Waals surface area contributed by atoms with Crippen LogP contribution >= 0.6 is 0 Å². The zero-order valence-electron chi connectivity index (χ0n) is 17.0. The van der Waals surface area contributed by atoms with E-state index in [4.69, 9.17) is 0 Å². The van der Waals surface area contributed by atoms with Gasteiger partial charge in [0.1, 0.15) is 5.82 Å². The first-order valence-electron chi connectivity index (χ1n) is 10.3. The number of sulfonamides is 1. The number of nitrogens with one attached hydrogen (secondary N) is 1. The number of amides is 2. The van der Waals surface area contributed by atoms with Crippen LogP contribution in [0.1, 0.15) is 25.7 Å². The van der Waals surface area contributed by atoms with Crippen LogP contribution in [0, 0.1) is 11.7 Å². The molecule has 0 radical (unpaired) electrons. The molecule has 9 heteroatoms. The van der Waals surface area contributed by atoms with Gasteiger partial charge in [-0.2, -0.15) is 4.31 Å². The van der Waals surface area contributed by atoms with Crippen molar-refractivity contribution >= 4 is 33.2 Å². The van der Waals surface area contributed by atoms with E-state index in [1.165, 1.54) is 45.6 Å². The van der Waals surface area contributed by atoms with Gasteiger partial charge in [0, 0.05) is 37.4 Å². The highest BCUT2D eigenvalue weighted by atomic mass is 32.2. The molecule has 1 N–H and O–H groups in total. The Bertz CT molecular complexity index is 1060. The molecule has 0 saturated carbocycles. The lowest BCUT2D eigenvalue weighted by atomic mass is 10.1. The van der Waals surface area contributed by atoms with E-state index in [0.29, 0.717) is 24.5 Å². The fourth-order valence-electron chi connectivity index (χ4n) is 3.96. The van der Waals surface area contributed by atoms with Crippen LogP contribution in [-0.4, -0.2) is 44.2 Å². The van der Waals surface area contributed by atoms with Gasteiger partial charge in [0.25, 0.3) is 0 Å². The summed E-state index contributed by atoms with van der Waals surface area (Å²) in [4.78, 5) is 26.6. The SMILES string of the molecule is O=C(Nc1ccc(S(=O)(=O)N2CCCCC2)cc1)[C@@H]1CC(=O)N(c2ccc(F)cc2)C1. The van der Waals surface area contributed by atoms with Gasteiger partial charge >= 0.3 is 0 Å². The number of nitrogens with zero attached hydrogens (tertiary/aromatic N) is 2. The van der Waals surface area contributed by atoms with Crippen LogP contribution in [0.15, 0.2) is 53.4 Å². The fourth-order valence-corrected chi connectivity index (χ4v) is 5.48. The molecule has 7 nitrogen and oxygen atoms in total. The van der Waals surface area contributed by atoms with E-state index in [1.54, 1.807) is 12.1 Å². The summed E-state index contributed by atoms with van der Waals surface area (Å²) in [7, 11) is -3.53. The van der Waals surface area contributed by atoms with Gasteiger partial charge in [-0.15, -0.1) is 0 Å². The monoisotopic (exact) mass is 445 g/mol. The maximum Gasteiger partial charge on any atom is 0.243 e. The van der Waals surface area contributed by atoms with Crippen LogP contribution in [0.5, 0.6) is 0 Å². The van der Waals surface area contributed by atoms with Gasteiger partial charge in [0.15, 0.2) is 0 Å². The molecule has 2 saturated heterocycles. The fraction of sp³-hybridized carbons (Fsp3) is 0.364. The summed E-state index contributed by atoms with van der Waals surface area (Å²) >= 11 is 0. The maximum absolute atomic E-state index is 13.1. The zero-order valence-corrected chi connectivity index (χ0v) is 17.8. The first kappa shape index (κ1) is 21.5. The molecule has 0 spiro atoms. The molecule has 0 aliphatic carbocycles. The molecule has 2 aromatic rings. The third-order valence-electron chi connectivity index (χ3n) is 5.71. The summed E-state index contributed by atoms with van der Waals surface area (Å²) in [6.07, 6.45) is 2.83. The molecule has 2 heterocycles. The molecule has 0 bridgehead atoms. The Balaban J connectivity index is 1.40. The molecular formula is C22H24FN3O4S. The number of rotatable bonds is 5. The van der Waals surface area contributed by atoms with Crippen molar-refractivity contribution in [3.05, 3.63) is 54.3 Å². The number of hydrogen-bond donors (Lipinski definition) is 1. The molecule has 2 fully saturated rings. The summed E-state index contributed by atoms with van der Waals surface area (Å²) in [5.41, 5.74) is 1.02. The Hall–Kier alpha value is -2.78. The molecule has 2 aliphatic rings. The Kier molecular flexibility index (Phi) is 6.06. The van der Waals surface area contributed by atoms with E-state index in [-0.39, 0.29) is 29.7 Å². The summed E-state index contributed by atoms with van der Waals surface area (Å²) in [6.45, 7) is 1.26. The number of hydrogen-bond acceptors (Lipinski definition) is 4. The van der Waals surface area contributed by atoms with Gasteiger partial charge in [-0.1, -0.05) is 6.42 Å². The van der Waals surface area contributed by atoms with Crippen molar-refractivity contribution in [2.24, 2.45) is 5.92 Å². The first-order valence-corrected chi connectivity index (χ1v) is 11.8. The summed E-state index contributed by atoms with van der Waals surface area (Å²) in [6, 6.07) is 11.7. The molecule has 4 rings (SSSR count). The van der Waals surface area contributed by atoms with Crippen LogP contribution in [0.25, 0.3) is 0 Å². The van der Waals surface area contributed by atoms with E-state index in [0.717, 1.165) is 19.3 Å². The minimum atomic E-state index is -3.53. The topological polar surface area (TPSA) is 86.8 Å². The quantitative estimate of drug-likeness (QED) is 0.767. The zero-order chi connectivity index (χ0) is 22.0. The summed E-state index contributed by atoms with van der Waals surface area (Å²) < 4.78 is 40.1. The van der Waals surface area contributed by atoms with Crippen molar-refractivity contribution in [3.8, 4) is 0 Å². The Morgan fingerprint density at radius 1 is 0.968 bits per heavy atom. The second kappa shape index (κ2) is 8.76. The molecule has 31 heavy (non-hydrogen) atoms. The largest absolute Gasteiger partial charge is 0.326 e. The van der Waals surface area contributed by atoms with Gasteiger partial charge in [0.05, 0.1) is 10.8 Å². The van der Waals surface area contributed by atoms with Crippen LogP contribution in [0.4, 0.5) is 15.8 Å². The number of halogens is 1. The number of benzene rings is 2. The smallest absolute Gasteiger partial charge is 0.243 e. The van der Waals surface area contributed by atoms with Gasteiger partial charge in [0.2, 0.25) is 21.8 Å². The van der Waals surface area contributed by atoms with Crippen LogP contribution in [-0.2, 0) is 19.6 Å². The summed E-state index contributed by atoms with van der Waals surface area (Å²) in [5.74, 6) is -1.45. The van der Waals surface area contributed by atoms with Crippen molar-refractivity contribution in [1.82, 2.24) is 4.31 Å². The predicted molar refractivity (Wildman–Crippen MR) is 115 cm³/mol. The van der Waals surface area contributed by atoms with Gasteiger partial charge in [-0.05, 0) is 61.4 Å². The summed E-state index contributed by atoms with van der Waals surface area (Å²) in [5, 5.41) is 2.76. The lowest BCUT2D eigenvalue weighted by Crippen LogP contribution is -2.35. The number of anilines is 2. The van der Waals surface area contributed by atoms with Gasteiger partial charge in [-0.3, -0.25) is 9.59 Å². The average Bonchev–Trinajstić information content (AvgIpc) is 3.17. The third-order valence-corrected chi connectivity index (χ3v) is 7.62. The highest BCUT2D eigenvalue weighted by Gasteiger charge is 2.35. The van der Waals surface area contributed by atoms with Gasteiger partial charge in [-0.25, -0.2) is 12.8 Å². The van der Waals surface area contributed by atoms with Crippen molar-refractivity contribution in [1.29, 1.82) is 0 Å². The van der Waals surface area contributed by atoms with Crippen LogP contribution in [0.3, 0.4) is 0 Å². The average molecular weight is 446 g/mol. The third kappa shape index (κ3) is 4.62. The highest BCUT2D eigenvalue weighted by molar-refractivity contribution is 7.89. The molecule has 2 aromatic carbocycles. The normalized spacial score (nSPS) is 20.1. The second-order valence-corrected chi connectivity index (χ2v) is 9.80. The second-order valence-electron chi connectivity index (χ2n) is 7.86. The van der Waals surface area contributed by atoms with E-state index in [1.807, 2.05) is 0 Å². The van der Waals surface area contributed by atoms with E-state index >= 15 is 0 Å². The van der Waals surface area contributed by atoms with Crippen molar-refractivity contribution in [2.45, 2.75) is 30.6 Å². The minimum Gasteiger partial charge on any atom is -0.326 e. The Labute approximate surface area is 180 Å². The number of piperidine rings is 1. The molecule has 1 atom stereocenters. The van der Waals surface area contributed by atoms with E-state index in [9.17, 15) is 22.4 Å². The van der Waals surface area contributed by atoms with Crippen molar-refractivity contribution in [3.63, 3.8) is 0 Å². The molecule has 0 aromatic heterocycles. The van der Waals surface area contributed by atoms with Crippen LogP contribution in [0.2, 0.25) is 0 Å². The number of carbonyl (C=O) groups is 2. The highest BCUT2D eigenvalue weighted by Crippen LogP contribution is 2.27. The minimum absolute atomic E-state index is 0.0602. The molecule has 164 valence electrons. The Morgan fingerprint density at radius 3 is 2.26 bits per heavy atom. The van der Waals surface area contributed by atoms with Gasteiger partial charge < -0.3 is 10.2 Å². The van der Waals surface area contributed by atoms with Crippen LogP contribution < -0.4 is 10.2 Å². The maximum atomic E-state index is 13.1. The molecule has 0 unspecified atom stereocenters. The molecular weight excluding hydrogens is 421 g/mol. The Morgan fingerprint density at radius 2 is 1.61 bits per heavy atom. The van der Waals surface area contributed by atoms with Crippen molar-refractivity contribution in [2.75, 3.05) is 29.9 Å². The van der Waals surface area contributed by atoms with Crippen molar-refractivity contribution < 1.29 is 22.4 Å². The number of carbonyl (C=O) groups excluding carboxylic acids is 2. The molecule has 2 amide bonds. The molecule has 2 aliphatic heterocycles. The lowest BCUT2D eigenvalue weighted by Gasteiger charge is -2.25. The predicted octanol–water partition coefficient (Wildman–Crippen LogP) is 2.99. The van der Waals surface area contributed by atoms with E-state index in [2.05, 4.69) is 5.32 Å². The first-order chi connectivity index (χ1) is 14.8. The lowest BCUT2D eigenvalue weighted by molar-refractivity contribution is -0.122. The standard InChI is InChI=1S/C22H24FN3O4S/c23-17-4-8-19(9-5-17)26-15-16(14-21(26)27)22(28)24-18-6-10-20(11-7-18)31(29,30)25-12-2-1-3-13-25/h4-11,16H,1-3,12-15H2,(H,24,28)/t16-/m1/s1. The van der Waals surface area contributed by atoms with E-state index < -0.39 is 21.8 Å².